The minimum Gasteiger partial charge on any atom is -0.370 e. The van der Waals surface area contributed by atoms with E-state index in [4.69, 9.17) is 10.5 Å². The molecular weight excluding hydrogens is 222 g/mol. The van der Waals surface area contributed by atoms with Gasteiger partial charge < -0.3 is 15.8 Å². The van der Waals surface area contributed by atoms with E-state index in [1.54, 1.807) is 13.4 Å². The van der Waals surface area contributed by atoms with Gasteiger partial charge in [0.2, 0.25) is 5.91 Å². The summed E-state index contributed by atoms with van der Waals surface area (Å²) in [6.07, 6.45) is 4.08. The van der Waals surface area contributed by atoms with Crippen LogP contribution in [0.4, 0.5) is 0 Å². The second kappa shape index (κ2) is 7.75. The average Bonchev–Trinajstić information content (AvgIpc) is 2.82. The van der Waals surface area contributed by atoms with Crippen molar-refractivity contribution < 1.29 is 9.53 Å². The fourth-order valence-electron chi connectivity index (χ4n) is 1.34. The van der Waals surface area contributed by atoms with Gasteiger partial charge in [0.25, 0.3) is 0 Å². The van der Waals surface area contributed by atoms with E-state index in [0.29, 0.717) is 6.61 Å². The molecule has 0 aliphatic carbocycles. The minimum atomic E-state index is -0.141. The van der Waals surface area contributed by atoms with Crippen LogP contribution in [0.2, 0.25) is 0 Å². The van der Waals surface area contributed by atoms with Crippen LogP contribution in [0.1, 0.15) is 18.7 Å². The highest BCUT2D eigenvalue weighted by atomic mass is 16.5. The van der Waals surface area contributed by atoms with Crippen LogP contribution >= 0.6 is 0 Å². The van der Waals surface area contributed by atoms with Gasteiger partial charge >= 0.3 is 0 Å². The molecule has 4 N–H and O–H groups in total. The van der Waals surface area contributed by atoms with E-state index in [1.165, 1.54) is 0 Å². The van der Waals surface area contributed by atoms with Gasteiger partial charge in [0, 0.05) is 19.5 Å². The molecule has 7 nitrogen and oxygen atoms in total. The van der Waals surface area contributed by atoms with E-state index in [-0.39, 0.29) is 18.6 Å². The molecule has 0 saturated carbocycles. The van der Waals surface area contributed by atoms with E-state index in [9.17, 15) is 4.79 Å². The Labute approximate surface area is 100 Å². The number of nitrogens with zero attached hydrogens (tertiary/aromatic N) is 2. The molecule has 0 aromatic carbocycles. The highest BCUT2D eigenvalue weighted by molar-refractivity contribution is 5.76. The van der Waals surface area contributed by atoms with Crippen LogP contribution in [-0.2, 0) is 16.0 Å². The average molecular weight is 241 g/mol. The molecule has 0 radical (unpaired) electrons. The molecule has 1 rings (SSSR count). The zero-order chi connectivity index (χ0) is 12.5. The number of likely N-dealkylation sites (N-methyl/N-ethyl adjacent to an activating group) is 1. The van der Waals surface area contributed by atoms with E-state index in [2.05, 4.69) is 20.5 Å². The number of ether oxygens (including phenoxy) is 1. The van der Waals surface area contributed by atoms with Crippen molar-refractivity contribution in [3.8, 4) is 0 Å². The number of amides is 1. The molecule has 1 aromatic heterocycles. The minimum absolute atomic E-state index is 0.0569. The van der Waals surface area contributed by atoms with Crippen molar-refractivity contribution in [2.24, 2.45) is 5.73 Å². The number of nitrogens with two attached hydrogens (primary N) is 1. The summed E-state index contributed by atoms with van der Waals surface area (Å²) < 4.78 is 5.16. The van der Waals surface area contributed by atoms with E-state index in [0.717, 1.165) is 25.1 Å². The van der Waals surface area contributed by atoms with Crippen molar-refractivity contribution in [3.05, 3.63) is 12.2 Å². The van der Waals surface area contributed by atoms with Gasteiger partial charge in [0.15, 0.2) is 0 Å². The molecule has 0 bridgehead atoms. The fraction of sp³-hybridized carbons (Fsp3) is 0.700. The van der Waals surface area contributed by atoms with Crippen LogP contribution in [0.5, 0.6) is 0 Å². The number of aryl methyl sites for hydroxylation is 1. The Morgan fingerprint density at radius 1 is 1.71 bits per heavy atom. The van der Waals surface area contributed by atoms with Gasteiger partial charge in [-0.1, -0.05) is 0 Å². The maximum atomic E-state index is 10.9. The van der Waals surface area contributed by atoms with Gasteiger partial charge in [0.05, 0.1) is 6.61 Å². The summed E-state index contributed by atoms with van der Waals surface area (Å²) in [6, 6.07) is -0.0569. The summed E-state index contributed by atoms with van der Waals surface area (Å²) in [5.74, 6) is 0.654. The van der Waals surface area contributed by atoms with Gasteiger partial charge in [-0.25, -0.2) is 4.98 Å². The van der Waals surface area contributed by atoms with Gasteiger partial charge in [-0.05, 0) is 12.8 Å². The predicted molar refractivity (Wildman–Crippen MR) is 62.2 cm³/mol. The number of aromatic nitrogens is 3. The van der Waals surface area contributed by atoms with Crippen molar-refractivity contribution >= 4 is 5.91 Å². The van der Waals surface area contributed by atoms with Gasteiger partial charge in [-0.3, -0.25) is 9.89 Å². The van der Waals surface area contributed by atoms with Crippen molar-refractivity contribution in [2.45, 2.75) is 25.3 Å². The molecular formula is C10H19N5O2. The molecule has 1 atom stereocenters. The van der Waals surface area contributed by atoms with E-state index < -0.39 is 0 Å². The number of nitrogens with one attached hydrogen (secondary N) is 2. The van der Waals surface area contributed by atoms with Crippen LogP contribution in [-0.4, -0.2) is 47.4 Å². The molecule has 0 aliphatic heterocycles. The third kappa shape index (κ3) is 5.98. The lowest BCUT2D eigenvalue weighted by Crippen LogP contribution is -2.30. The lowest BCUT2D eigenvalue weighted by Gasteiger charge is -2.10. The number of hydrogen-bond acceptors (Lipinski definition) is 5. The first-order valence-corrected chi connectivity index (χ1v) is 5.61. The number of H-pyrrole nitrogens is 1. The van der Waals surface area contributed by atoms with Crippen LogP contribution in [0.15, 0.2) is 6.33 Å². The summed E-state index contributed by atoms with van der Waals surface area (Å²) in [7, 11) is 1.57. The molecule has 0 saturated heterocycles. The van der Waals surface area contributed by atoms with Crippen molar-refractivity contribution in [1.82, 2.24) is 20.5 Å². The third-order valence-corrected chi connectivity index (χ3v) is 2.28. The zero-order valence-corrected chi connectivity index (χ0v) is 9.98. The molecule has 0 spiro atoms. The predicted octanol–water partition coefficient (Wildman–Crippen LogP) is -0.783. The highest BCUT2D eigenvalue weighted by Crippen LogP contribution is 2.00. The monoisotopic (exact) mass is 241 g/mol. The second-order valence-electron chi connectivity index (χ2n) is 3.76. The van der Waals surface area contributed by atoms with Gasteiger partial charge in [-0.2, -0.15) is 5.10 Å². The van der Waals surface area contributed by atoms with Gasteiger partial charge in [-0.15, -0.1) is 0 Å². The summed E-state index contributed by atoms with van der Waals surface area (Å²) in [4.78, 5) is 14.9. The first kappa shape index (κ1) is 13.6. The smallest absolute Gasteiger partial charge is 0.245 e. The molecule has 0 aliphatic rings. The lowest BCUT2D eigenvalue weighted by atomic mass is 10.1. The van der Waals surface area contributed by atoms with Gasteiger partial charge in [0.1, 0.15) is 18.8 Å². The highest BCUT2D eigenvalue weighted by Gasteiger charge is 2.05. The Morgan fingerprint density at radius 3 is 3.18 bits per heavy atom. The van der Waals surface area contributed by atoms with Crippen LogP contribution < -0.4 is 11.1 Å². The molecule has 0 fully saturated rings. The van der Waals surface area contributed by atoms with E-state index >= 15 is 0 Å². The Balaban J connectivity index is 2.01. The quantitative estimate of drug-likeness (QED) is 0.553. The lowest BCUT2D eigenvalue weighted by molar-refractivity contribution is -0.125. The first-order valence-electron chi connectivity index (χ1n) is 5.61. The number of aromatic amines is 1. The van der Waals surface area contributed by atoms with Crippen molar-refractivity contribution in [2.75, 3.05) is 20.3 Å². The Morgan fingerprint density at radius 2 is 2.53 bits per heavy atom. The first-order chi connectivity index (χ1) is 8.22. The number of carbonyl (C=O) groups is 1. The molecule has 17 heavy (non-hydrogen) atoms. The topological polar surface area (TPSA) is 106 Å². The Bertz CT molecular complexity index is 315. The number of carbonyl (C=O) groups excluding carboxylic acids is 1. The van der Waals surface area contributed by atoms with Crippen LogP contribution in [0, 0.1) is 0 Å². The zero-order valence-electron chi connectivity index (χ0n) is 9.98. The second-order valence-corrected chi connectivity index (χ2v) is 3.76. The molecule has 1 aromatic rings. The summed E-state index contributed by atoms with van der Waals surface area (Å²) >= 11 is 0. The molecule has 1 amide bonds. The molecule has 1 heterocycles. The van der Waals surface area contributed by atoms with Crippen molar-refractivity contribution in [3.63, 3.8) is 0 Å². The normalized spacial score (nSPS) is 12.4. The fourth-order valence-corrected chi connectivity index (χ4v) is 1.34. The number of rotatable bonds is 8. The Kier molecular flexibility index (Phi) is 6.19. The van der Waals surface area contributed by atoms with Crippen LogP contribution in [0.3, 0.4) is 0 Å². The maximum absolute atomic E-state index is 10.9. The summed E-state index contributed by atoms with van der Waals surface area (Å²) in [5, 5.41) is 9.08. The third-order valence-electron chi connectivity index (χ3n) is 2.28. The largest absolute Gasteiger partial charge is 0.370 e. The summed E-state index contributed by atoms with van der Waals surface area (Å²) in [5.41, 5.74) is 5.84. The molecule has 96 valence electrons. The Hall–Kier alpha value is -1.47. The number of hydrogen-bond donors (Lipinski definition) is 3. The van der Waals surface area contributed by atoms with Crippen LogP contribution in [0.25, 0.3) is 0 Å². The maximum Gasteiger partial charge on any atom is 0.245 e. The summed E-state index contributed by atoms with van der Waals surface area (Å²) in [6.45, 7) is 0.451. The van der Waals surface area contributed by atoms with Crippen molar-refractivity contribution in [1.29, 1.82) is 0 Å². The SMILES string of the molecule is CNC(=O)COCC(N)CCCc1nc[nH]n1. The molecule has 7 heteroatoms. The van der Waals surface area contributed by atoms with E-state index in [1.807, 2.05) is 0 Å². The standard InChI is InChI=1S/C10H19N5O2/c1-12-10(16)6-17-5-8(11)3-2-4-9-13-7-14-15-9/h7-8H,2-6,11H2,1H3,(H,12,16)(H,13,14,15). The molecule has 1 unspecified atom stereocenters.